The number of hydrogen-bond acceptors (Lipinski definition) is 6. The molecule has 1 aliphatic heterocycles. The van der Waals surface area contributed by atoms with Crippen LogP contribution in [0.4, 0.5) is 15.9 Å². The lowest BCUT2D eigenvalue weighted by molar-refractivity contribution is 0.435. The van der Waals surface area contributed by atoms with Crippen molar-refractivity contribution in [3.8, 4) is 0 Å². The number of anilines is 1. The summed E-state index contributed by atoms with van der Waals surface area (Å²) in [5.41, 5.74) is 11.9. The van der Waals surface area contributed by atoms with Crippen molar-refractivity contribution in [2.45, 2.75) is 32.1 Å². The zero-order valence-corrected chi connectivity index (χ0v) is 20.5. The van der Waals surface area contributed by atoms with Crippen LogP contribution in [0.1, 0.15) is 30.4 Å². The molecule has 2 aliphatic rings. The molecule has 1 atom stereocenters. The van der Waals surface area contributed by atoms with Crippen LogP contribution in [-0.4, -0.2) is 30.8 Å². The highest BCUT2D eigenvalue weighted by Crippen LogP contribution is 2.45. The molecule has 4 rings (SSSR count). The van der Waals surface area contributed by atoms with E-state index in [9.17, 15) is 4.39 Å². The molecule has 1 unspecified atom stereocenters. The molecular weight excluding hydrogens is 445 g/mol. The molecule has 0 amide bonds. The number of benzene rings is 1. The summed E-state index contributed by atoms with van der Waals surface area (Å²) in [4.78, 5) is 11.8. The highest BCUT2D eigenvalue weighted by atomic mass is 32.1. The third-order valence-corrected chi connectivity index (χ3v) is 7.00. The van der Waals surface area contributed by atoms with Gasteiger partial charge in [-0.15, -0.1) is 6.58 Å². The van der Waals surface area contributed by atoms with Gasteiger partial charge in [-0.3, -0.25) is 4.72 Å². The number of allylic oxidation sites excluding steroid dienone is 3. The van der Waals surface area contributed by atoms with Crippen LogP contribution in [0, 0.1) is 11.2 Å². The minimum atomic E-state index is -0.311. The Hall–Kier alpha value is -2.90. The van der Waals surface area contributed by atoms with Gasteiger partial charge in [0.25, 0.3) is 0 Å². The predicted octanol–water partition coefficient (Wildman–Crippen LogP) is 5.09. The van der Waals surface area contributed by atoms with Gasteiger partial charge in [0.15, 0.2) is 0 Å². The molecule has 0 bridgehead atoms. The maximum Gasteiger partial charge on any atom is 0.131 e. The number of nitrogens with two attached hydrogens (primary N) is 1. The van der Waals surface area contributed by atoms with E-state index in [1.54, 1.807) is 18.3 Å². The largest absolute Gasteiger partial charge is 0.404 e. The molecule has 0 spiro atoms. The molecule has 7 heteroatoms. The van der Waals surface area contributed by atoms with Gasteiger partial charge in [0.2, 0.25) is 0 Å². The lowest BCUT2D eigenvalue weighted by Gasteiger charge is -2.38. The highest BCUT2D eigenvalue weighted by Gasteiger charge is 2.37. The molecule has 0 saturated heterocycles. The second-order valence-electron chi connectivity index (χ2n) is 9.06. The van der Waals surface area contributed by atoms with E-state index >= 15 is 0 Å². The molecule has 34 heavy (non-hydrogen) atoms. The van der Waals surface area contributed by atoms with Gasteiger partial charge in [0.05, 0.1) is 11.4 Å². The first-order valence-electron chi connectivity index (χ1n) is 11.6. The van der Waals surface area contributed by atoms with Crippen LogP contribution in [0.15, 0.2) is 77.6 Å². The van der Waals surface area contributed by atoms with Gasteiger partial charge in [-0.2, -0.15) is 0 Å². The number of nitrogens with one attached hydrogen (secondary N) is 1. The Labute approximate surface area is 206 Å². The zero-order valence-electron chi connectivity index (χ0n) is 19.6. The van der Waals surface area contributed by atoms with E-state index in [0.29, 0.717) is 18.7 Å². The summed E-state index contributed by atoms with van der Waals surface area (Å²) < 4.78 is 16.3. The Bertz CT molecular complexity index is 1140. The number of aryl methyl sites for hydroxylation is 1. The van der Waals surface area contributed by atoms with E-state index in [4.69, 9.17) is 15.7 Å². The fourth-order valence-corrected chi connectivity index (χ4v) is 5.08. The summed E-state index contributed by atoms with van der Waals surface area (Å²) in [6, 6.07) is 8.47. The monoisotopic (exact) mass is 477 g/mol. The maximum atomic E-state index is 13.4. The Morgan fingerprint density at radius 2 is 2.15 bits per heavy atom. The molecule has 2 heterocycles. The lowest BCUT2D eigenvalue weighted by Crippen LogP contribution is -2.32. The van der Waals surface area contributed by atoms with E-state index in [1.165, 1.54) is 28.8 Å². The summed E-state index contributed by atoms with van der Waals surface area (Å²) in [5, 5.41) is 0. The van der Waals surface area contributed by atoms with E-state index in [0.717, 1.165) is 49.3 Å². The molecule has 5 nitrogen and oxygen atoms in total. The maximum absolute atomic E-state index is 13.4. The van der Waals surface area contributed by atoms with Crippen LogP contribution in [0.5, 0.6) is 0 Å². The Morgan fingerprint density at radius 1 is 1.35 bits per heavy atom. The van der Waals surface area contributed by atoms with E-state index in [1.807, 2.05) is 12.3 Å². The number of hydrogen-bond donors (Lipinski definition) is 3. The van der Waals surface area contributed by atoms with Crippen LogP contribution in [0.3, 0.4) is 0 Å². The second-order valence-corrected chi connectivity index (χ2v) is 9.37. The highest BCUT2D eigenvalue weighted by molar-refractivity contribution is 7.78. The van der Waals surface area contributed by atoms with Crippen molar-refractivity contribution in [2.24, 2.45) is 16.1 Å². The Kier molecular flexibility index (Phi) is 7.54. The molecule has 3 N–H and O–H groups in total. The van der Waals surface area contributed by atoms with Crippen LogP contribution in [0.25, 0.3) is 0 Å². The molecular formula is C27H32FN5S. The number of thiol groups is 1. The number of pyridine rings is 1. The first-order chi connectivity index (χ1) is 16.5. The summed E-state index contributed by atoms with van der Waals surface area (Å²) in [7, 11) is 2.10. The van der Waals surface area contributed by atoms with Crippen molar-refractivity contribution >= 4 is 30.0 Å². The molecule has 1 aromatic heterocycles. The minimum absolute atomic E-state index is 0.284. The number of nitrogens with zero attached hydrogens (tertiary/aromatic N) is 3. The first-order valence-corrected chi connectivity index (χ1v) is 12.1. The van der Waals surface area contributed by atoms with Gasteiger partial charge in [-0.25, -0.2) is 14.4 Å². The van der Waals surface area contributed by atoms with Crippen molar-refractivity contribution in [2.75, 3.05) is 25.0 Å². The second kappa shape index (κ2) is 10.6. The fraction of sp³-hybridized carbons (Fsp3) is 0.333. The summed E-state index contributed by atoms with van der Waals surface area (Å²) >= 11 is 4.20. The predicted molar refractivity (Wildman–Crippen MR) is 142 cm³/mol. The Balaban J connectivity index is 1.73. The van der Waals surface area contributed by atoms with E-state index < -0.39 is 0 Å². The fourth-order valence-electron chi connectivity index (χ4n) is 4.97. The number of rotatable bonds is 7. The lowest BCUT2D eigenvalue weighted by atomic mass is 9.66. The van der Waals surface area contributed by atoms with Crippen molar-refractivity contribution in [3.63, 3.8) is 0 Å². The molecule has 1 aromatic carbocycles. The third-order valence-electron chi connectivity index (χ3n) is 6.78. The van der Waals surface area contributed by atoms with Crippen molar-refractivity contribution in [1.29, 1.82) is 0 Å². The van der Waals surface area contributed by atoms with E-state index in [-0.39, 0.29) is 11.2 Å². The van der Waals surface area contributed by atoms with Gasteiger partial charge in [-0.05, 0) is 85.3 Å². The number of fused-ring (bicyclic) bond motifs is 1. The SMILES string of the molecule is C=CC1(Cc2cnc3c(c2)CCCN3C)CC(=CN)C(=Nc2ccc(F)cc2)C=C1CCNS. The average molecular weight is 478 g/mol. The molecule has 1 aliphatic carbocycles. The zero-order chi connectivity index (χ0) is 24.1. The topological polar surface area (TPSA) is 66.5 Å². The normalized spacial score (nSPS) is 22.6. The van der Waals surface area contributed by atoms with Gasteiger partial charge < -0.3 is 10.6 Å². The third kappa shape index (κ3) is 5.10. The van der Waals surface area contributed by atoms with Gasteiger partial charge in [-0.1, -0.05) is 30.5 Å². The van der Waals surface area contributed by atoms with Crippen molar-refractivity contribution < 1.29 is 4.39 Å². The van der Waals surface area contributed by atoms with Crippen LogP contribution in [0.2, 0.25) is 0 Å². The molecule has 178 valence electrons. The van der Waals surface area contributed by atoms with E-state index in [2.05, 4.69) is 48.2 Å². The van der Waals surface area contributed by atoms with Crippen LogP contribution in [-0.2, 0) is 12.8 Å². The molecule has 0 radical (unpaired) electrons. The number of aromatic nitrogens is 1. The quantitative estimate of drug-likeness (QED) is 0.384. The van der Waals surface area contributed by atoms with Crippen LogP contribution >= 0.6 is 12.8 Å². The summed E-state index contributed by atoms with van der Waals surface area (Å²) in [6.45, 7) is 5.99. The standard InChI is InChI=1S/C27H32FN5S/c1-3-27(15-19-13-20-5-4-12-33(2)26(20)30-18-19)16-21(17-29)25(14-22(27)10-11-31-34)32-24-8-6-23(28)7-9-24/h3,6-9,13-14,17-18,31,34H,1,4-5,10-12,15-16,29H2,2H3. The smallest absolute Gasteiger partial charge is 0.131 e. The number of aliphatic imine (C=N–C) groups is 1. The van der Waals surface area contributed by atoms with Gasteiger partial charge in [0, 0.05) is 31.7 Å². The Morgan fingerprint density at radius 3 is 2.85 bits per heavy atom. The van der Waals surface area contributed by atoms with Crippen LogP contribution < -0.4 is 15.4 Å². The number of halogens is 1. The van der Waals surface area contributed by atoms with Gasteiger partial charge >= 0.3 is 0 Å². The summed E-state index contributed by atoms with van der Waals surface area (Å²) in [6.07, 6.45) is 12.2. The summed E-state index contributed by atoms with van der Waals surface area (Å²) in [5.74, 6) is 0.798. The molecule has 0 saturated carbocycles. The average Bonchev–Trinajstić information content (AvgIpc) is 2.85. The van der Waals surface area contributed by atoms with Crippen molar-refractivity contribution in [1.82, 2.24) is 9.71 Å². The molecule has 0 fully saturated rings. The first kappa shape index (κ1) is 24.2. The van der Waals surface area contributed by atoms with Crippen molar-refractivity contribution in [3.05, 3.63) is 89.5 Å². The van der Waals surface area contributed by atoms with Gasteiger partial charge in [0.1, 0.15) is 11.6 Å². The minimum Gasteiger partial charge on any atom is -0.404 e. The molecule has 2 aromatic rings.